The summed E-state index contributed by atoms with van der Waals surface area (Å²) in [6.45, 7) is 5.06. The topological polar surface area (TPSA) is 101 Å². The number of piperazine rings is 1. The summed E-state index contributed by atoms with van der Waals surface area (Å²) < 4.78 is 13.0. The lowest BCUT2D eigenvalue weighted by Crippen LogP contribution is -2.54. The summed E-state index contributed by atoms with van der Waals surface area (Å²) >= 11 is 0. The molecule has 2 heterocycles. The van der Waals surface area contributed by atoms with Gasteiger partial charge < -0.3 is 34.7 Å². The molecule has 0 spiro atoms. The van der Waals surface area contributed by atoms with Crippen LogP contribution in [0, 0.1) is 6.92 Å². The molecule has 2 aromatic carbocycles. The van der Waals surface area contributed by atoms with Crippen molar-refractivity contribution in [2.45, 2.75) is 56.7 Å². The smallest absolute Gasteiger partial charge is 0.275 e. The molecule has 1 amide bonds. The Morgan fingerprint density at radius 3 is 2.80 bits per heavy atom. The predicted molar refractivity (Wildman–Crippen MR) is 161 cm³/mol. The third-order valence-electron chi connectivity index (χ3n) is 8.56. The van der Waals surface area contributed by atoms with Gasteiger partial charge in [-0.05, 0) is 37.8 Å². The first-order valence-electron chi connectivity index (χ1n) is 14.7. The Morgan fingerprint density at radius 2 is 2.02 bits per heavy atom. The molecule has 1 aromatic heterocycles. The van der Waals surface area contributed by atoms with Gasteiger partial charge in [-0.2, -0.15) is 0 Å². The van der Waals surface area contributed by atoms with Crippen molar-refractivity contribution >= 4 is 11.6 Å². The first kappa shape index (κ1) is 29.1. The molecule has 1 saturated carbocycles. The molecule has 0 unspecified atom stereocenters. The number of aliphatic hydroxyl groups is 1. The Balaban J connectivity index is 1.40. The Bertz CT molecular complexity index is 1310. The average Bonchev–Trinajstić information content (AvgIpc) is 3.43. The van der Waals surface area contributed by atoms with Gasteiger partial charge in [0.05, 0.1) is 31.8 Å². The van der Waals surface area contributed by atoms with Gasteiger partial charge in [0.1, 0.15) is 11.4 Å². The lowest BCUT2D eigenvalue weighted by molar-refractivity contribution is -0.0893. The van der Waals surface area contributed by atoms with Crippen molar-refractivity contribution in [3.63, 3.8) is 0 Å². The SMILES string of the molecule is COC[C@]1(O)CCCC[C@H]1n1cnc(C(=O)N2CCNC[C@H]2CCNc2ccc(C)c(OC)c2)c1-c1ccccc1. The van der Waals surface area contributed by atoms with Crippen LogP contribution >= 0.6 is 0 Å². The molecule has 1 saturated heterocycles. The minimum absolute atomic E-state index is 0.0185. The number of aromatic nitrogens is 2. The zero-order valence-electron chi connectivity index (χ0n) is 24.4. The normalized spacial score (nSPS) is 22.9. The van der Waals surface area contributed by atoms with Gasteiger partial charge in [-0.1, -0.05) is 49.2 Å². The van der Waals surface area contributed by atoms with Gasteiger partial charge in [0.2, 0.25) is 0 Å². The second kappa shape index (κ2) is 13.1. The van der Waals surface area contributed by atoms with E-state index in [9.17, 15) is 9.90 Å². The minimum Gasteiger partial charge on any atom is -0.496 e. The highest BCUT2D eigenvalue weighted by atomic mass is 16.5. The Kier molecular flexibility index (Phi) is 9.27. The Hall–Kier alpha value is -3.40. The second-order valence-corrected chi connectivity index (χ2v) is 11.3. The van der Waals surface area contributed by atoms with E-state index in [1.165, 1.54) is 0 Å². The quantitative estimate of drug-likeness (QED) is 0.340. The molecule has 1 aliphatic carbocycles. The summed E-state index contributed by atoms with van der Waals surface area (Å²) in [4.78, 5) is 20.9. The third kappa shape index (κ3) is 6.27. The van der Waals surface area contributed by atoms with Gasteiger partial charge in [0, 0.05) is 56.6 Å². The van der Waals surface area contributed by atoms with Crippen molar-refractivity contribution in [1.29, 1.82) is 0 Å². The van der Waals surface area contributed by atoms with E-state index in [-0.39, 0.29) is 24.6 Å². The van der Waals surface area contributed by atoms with Crippen LogP contribution in [0.5, 0.6) is 5.75 Å². The summed E-state index contributed by atoms with van der Waals surface area (Å²) in [6, 6.07) is 15.8. The number of nitrogens with zero attached hydrogens (tertiary/aromatic N) is 3. The number of imidazole rings is 1. The van der Waals surface area contributed by atoms with Crippen LogP contribution in [0.3, 0.4) is 0 Å². The zero-order chi connectivity index (χ0) is 28.8. The number of carbonyl (C=O) groups is 1. The summed E-state index contributed by atoms with van der Waals surface area (Å²) in [6.07, 6.45) is 5.94. The number of amides is 1. The molecular formula is C32H43N5O4. The standard InChI is InChI=1S/C32H43N5O4/c1-23-12-13-25(19-27(23)41-3)34-16-14-26-20-33-17-18-36(26)31(38)29-30(24-9-5-4-6-10-24)37(22-35-29)28-11-7-8-15-32(28,39)21-40-2/h4-6,9-10,12-13,19,22,26,28,33-34,39H,7-8,11,14-18,20-21H2,1-3H3/t26-,28-,32-/m1/s1. The molecule has 41 heavy (non-hydrogen) atoms. The van der Waals surface area contributed by atoms with E-state index in [4.69, 9.17) is 14.5 Å². The summed E-state index contributed by atoms with van der Waals surface area (Å²) in [5.74, 6) is 0.780. The van der Waals surface area contributed by atoms with Crippen LogP contribution in [0.25, 0.3) is 11.3 Å². The van der Waals surface area contributed by atoms with E-state index in [0.717, 1.165) is 67.0 Å². The average molecular weight is 562 g/mol. The molecule has 0 radical (unpaired) electrons. The highest BCUT2D eigenvalue weighted by molar-refractivity contribution is 5.98. The molecule has 9 nitrogen and oxygen atoms in total. The van der Waals surface area contributed by atoms with Crippen molar-refractivity contribution in [2.75, 3.05) is 52.3 Å². The number of anilines is 1. The molecule has 2 aliphatic rings. The first-order valence-corrected chi connectivity index (χ1v) is 14.7. The van der Waals surface area contributed by atoms with Crippen LogP contribution in [-0.4, -0.2) is 84.1 Å². The van der Waals surface area contributed by atoms with E-state index in [2.05, 4.69) is 16.7 Å². The number of hydrogen-bond acceptors (Lipinski definition) is 7. The largest absolute Gasteiger partial charge is 0.496 e. The van der Waals surface area contributed by atoms with Crippen molar-refractivity contribution in [1.82, 2.24) is 19.8 Å². The van der Waals surface area contributed by atoms with Crippen molar-refractivity contribution < 1.29 is 19.4 Å². The number of aryl methyl sites for hydroxylation is 1. The van der Waals surface area contributed by atoms with Crippen LogP contribution in [0.1, 0.15) is 54.2 Å². The van der Waals surface area contributed by atoms with Gasteiger partial charge in [0.25, 0.3) is 5.91 Å². The Labute approximate surface area is 242 Å². The van der Waals surface area contributed by atoms with Crippen molar-refractivity contribution in [3.05, 3.63) is 66.1 Å². The molecule has 5 rings (SSSR count). The molecular weight excluding hydrogens is 518 g/mol. The fraction of sp³-hybridized carbons (Fsp3) is 0.500. The monoisotopic (exact) mass is 561 g/mol. The molecule has 3 atom stereocenters. The van der Waals surface area contributed by atoms with E-state index < -0.39 is 5.60 Å². The maximum Gasteiger partial charge on any atom is 0.275 e. The molecule has 2 fully saturated rings. The van der Waals surface area contributed by atoms with E-state index >= 15 is 0 Å². The summed E-state index contributed by atoms with van der Waals surface area (Å²) in [5, 5.41) is 18.6. The zero-order valence-corrected chi connectivity index (χ0v) is 24.4. The van der Waals surface area contributed by atoms with Gasteiger partial charge in [-0.25, -0.2) is 4.98 Å². The maximum absolute atomic E-state index is 14.2. The number of rotatable bonds is 10. The molecule has 220 valence electrons. The van der Waals surface area contributed by atoms with Gasteiger partial charge >= 0.3 is 0 Å². The van der Waals surface area contributed by atoms with Gasteiger partial charge in [-0.15, -0.1) is 0 Å². The van der Waals surface area contributed by atoms with Crippen LogP contribution in [0.2, 0.25) is 0 Å². The van der Waals surface area contributed by atoms with Crippen LogP contribution < -0.4 is 15.4 Å². The van der Waals surface area contributed by atoms with Crippen LogP contribution in [0.15, 0.2) is 54.9 Å². The maximum atomic E-state index is 14.2. The third-order valence-corrected chi connectivity index (χ3v) is 8.56. The van der Waals surface area contributed by atoms with Crippen molar-refractivity contribution in [2.24, 2.45) is 0 Å². The predicted octanol–water partition coefficient (Wildman–Crippen LogP) is 4.28. The molecule has 9 heteroatoms. The van der Waals surface area contributed by atoms with Crippen molar-refractivity contribution in [3.8, 4) is 17.0 Å². The lowest BCUT2D eigenvalue weighted by Gasteiger charge is -2.41. The number of hydrogen-bond donors (Lipinski definition) is 3. The fourth-order valence-electron chi connectivity index (χ4n) is 6.39. The molecule has 3 N–H and O–H groups in total. The van der Waals surface area contributed by atoms with Crippen LogP contribution in [-0.2, 0) is 4.74 Å². The summed E-state index contributed by atoms with van der Waals surface area (Å²) in [7, 11) is 3.31. The molecule has 3 aromatic rings. The lowest BCUT2D eigenvalue weighted by atomic mass is 9.80. The highest BCUT2D eigenvalue weighted by Crippen LogP contribution is 2.41. The minimum atomic E-state index is -1.01. The number of benzene rings is 2. The Morgan fingerprint density at radius 1 is 1.20 bits per heavy atom. The summed E-state index contributed by atoms with van der Waals surface area (Å²) in [5.41, 5.74) is 3.19. The van der Waals surface area contributed by atoms with E-state index in [0.29, 0.717) is 25.2 Å². The number of ether oxygens (including phenoxy) is 2. The highest BCUT2D eigenvalue weighted by Gasteiger charge is 2.42. The second-order valence-electron chi connectivity index (χ2n) is 11.3. The van der Waals surface area contributed by atoms with E-state index in [1.54, 1.807) is 20.5 Å². The van der Waals surface area contributed by atoms with E-state index in [1.807, 2.05) is 58.9 Å². The van der Waals surface area contributed by atoms with Crippen LogP contribution in [0.4, 0.5) is 5.69 Å². The molecule has 0 bridgehead atoms. The first-order chi connectivity index (χ1) is 19.9. The fourth-order valence-corrected chi connectivity index (χ4v) is 6.39. The number of methoxy groups -OCH3 is 2. The molecule has 1 aliphatic heterocycles. The van der Waals surface area contributed by atoms with Gasteiger partial charge in [-0.3, -0.25) is 4.79 Å². The number of carbonyl (C=O) groups excluding carboxylic acids is 1. The van der Waals surface area contributed by atoms with Gasteiger partial charge in [0.15, 0.2) is 5.69 Å². The number of nitrogens with one attached hydrogen (secondary N) is 2.